The number of nitrogens with two attached hydrogens (primary N) is 1. The molecule has 0 aliphatic rings. The molecule has 0 saturated carbocycles. The van der Waals surface area contributed by atoms with E-state index < -0.39 is 0 Å². The summed E-state index contributed by atoms with van der Waals surface area (Å²) in [5.74, 6) is 0. The maximum absolute atomic E-state index is 8.58. The zero-order valence-corrected chi connectivity index (χ0v) is 7.02. The normalized spacial score (nSPS) is 6.00. The van der Waals surface area contributed by atoms with Crippen molar-refractivity contribution in [1.29, 1.82) is 0 Å². The predicted octanol–water partition coefficient (Wildman–Crippen LogP) is 0.761. The molecular weight excluding hydrogens is 196 g/mol. The third-order valence-corrected chi connectivity index (χ3v) is 0.566. The number of nitrogens with zero attached hydrogens (tertiary/aromatic N) is 1. The summed E-state index contributed by atoms with van der Waals surface area (Å²) < 4.78 is 0. The van der Waals surface area contributed by atoms with Crippen LogP contribution in [0.25, 0.3) is 0 Å². The van der Waals surface area contributed by atoms with Crippen LogP contribution < -0.4 is 5.73 Å². The molecule has 10 heavy (non-hydrogen) atoms. The Hall–Kier alpha value is -0.900. The van der Waals surface area contributed by atoms with Gasteiger partial charge in [-0.1, -0.05) is 6.07 Å². The number of hydrogen-bond acceptors (Lipinski definition) is 2. The molecule has 1 amide bonds. The molecule has 4 heteroatoms. The first kappa shape index (κ1) is 11.8. The standard InChI is InChI=1S/C5H5N.CH3NO.BrH/c1-2-4-6-5-3-1;2-1-3;/h1-5H;1H,(H2,2,3);1H. The smallest absolute Gasteiger partial charge is 0.204 e. The second kappa shape index (κ2) is 11.0. The lowest BCUT2D eigenvalue weighted by atomic mass is 10.5. The van der Waals surface area contributed by atoms with Crippen LogP contribution in [0, 0.1) is 0 Å². The van der Waals surface area contributed by atoms with Gasteiger partial charge in [0.1, 0.15) is 0 Å². The van der Waals surface area contributed by atoms with Crippen molar-refractivity contribution in [2.75, 3.05) is 0 Å². The molecule has 0 atom stereocenters. The Kier molecular flexibility index (Phi) is 13.0. The zero-order chi connectivity index (χ0) is 6.95. The quantitative estimate of drug-likeness (QED) is 0.635. The molecule has 56 valence electrons. The number of rotatable bonds is 0. The number of primary amides is 1. The monoisotopic (exact) mass is 204 g/mol. The van der Waals surface area contributed by atoms with E-state index in [0.717, 1.165) is 0 Å². The van der Waals surface area contributed by atoms with Crippen molar-refractivity contribution in [2.24, 2.45) is 5.73 Å². The van der Waals surface area contributed by atoms with Crippen molar-refractivity contribution in [2.45, 2.75) is 0 Å². The van der Waals surface area contributed by atoms with Crippen LogP contribution in [0.1, 0.15) is 0 Å². The fourth-order valence-electron chi connectivity index (χ4n) is 0.313. The van der Waals surface area contributed by atoms with Gasteiger partial charge in [0.15, 0.2) is 0 Å². The number of hydrogen-bond donors (Lipinski definition) is 1. The highest BCUT2D eigenvalue weighted by molar-refractivity contribution is 8.93. The predicted molar refractivity (Wildman–Crippen MR) is 44.8 cm³/mol. The number of pyridine rings is 1. The van der Waals surface area contributed by atoms with Gasteiger partial charge in [0.2, 0.25) is 6.41 Å². The average molecular weight is 205 g/mol. The van der Waals surface area contributed by atoms with E-state index in [9.17, 15) is 0 Å². The van der Waals surface area contributed by atoms with Gasteiger partial charge in [-0.2, -0.15) is 0 Å². The van der Waals surface area contributed by atoms with E-state index >= 15 is 0 Å². The molecule has 0 spiro atoms. The van der Waals surface area contributed by atoms with Crippen LogP contribution in [0.2, 0.25) is 0 Å². The van der Waals surface area contributed by atoms with E-state index in [1.165, 1.54) is 0 Å². The summed E-state index contributed by atoms with van der Waals surface area (Å²) in [5, 5.41) is 0. The lowest BCUT2D eigenvalue weighted by Crippen LogP contribution is -1.82. The molecule has 2 N–H and O–H groups in total. The Morgan fingerprint density at radius 3 is 1.70 bits per heavy atom. The fourth-order valence-corrected chi connectivity index (χ4v) is 0.313. The molecule has 1 aromatic heterocycles. The minimum Gasteiger partial charge on any atom is -0.372 e. The van der Waals surface area contributed by atoms with Gasteiger partial charge < -0.3 is 5.73 Å². The molecule has 0 saturated heterocycles. The topological polar surface area (TPSA) is 56.0 Å². The number of halogens is 1. The Morgan fingerprint density at radius 1 is 1.20 bits per heavy atom. The van der Waals surface area contributed by atoms with Crippen LogP contribution in [0.15, 0.2) is 30.6 Å². The van der Waals surface area contributed by atoms with E-state index in [-0.39, 0.29) is 23.4 Å². The maximum atomic E-state index is 8.58. The van der Waals surface area contributed by atoms with Crippen LogP contribution in [-0.2, 0) is 4.79 Å². The van der Waals surface area contributed by atoms with Crippen LogP contribution >= 0.6 is 17.0 Å². The molecule has 1 heterocycles. The Balaban J connectivity index is 0. The van der Waals surface area contributed by atoms with Gasteiger partial charge in [0.05, 0.1) is 0 Å². The molecule has 0 aromatic carbocycles. The summed E-state index contributed by atoms with van der Waals surface area (Å²) >= 11 is 0. The van der Waals surface area contributed by atoms with Crippen molar-refractivity contribution in [3.8, 4) is 0 Å². The van der Waals surface area contributed by atoms with Gasteiger partial charge in [-0.15, -0.1) is 17.0 Å². The van der Waals surface area contributed by atoms with Crippen molar-refractivity contribution >= 4 is 23.4 Å². The average Bonchev–Trinajstić information content (AvgIpc) is 1.93. The summed E-state index contributed by atoms with van der Waals surface area (Å²) in [4.78, 5) is 12.4. The molecule has 1 rings (SSSR count). The Labute approximate surface area is 70.0 Å². The van der Waals surface area contributed by atoms with Gasteiger partial charge in [0.25, 0.3) is 0 Å². The lowest BCUT2D eigenvalue weighted by molar-refractivity contribution is -0.106. The number of carbonyl (C=O) groups is 1. The third kappa shape index (κ3) is 10.2. The first-order valence-electron chi connectivity index (χ1n) is 2.42. The minimum atomic E-state index is 0. The summed E-state index contributed by atoms with van der Waals surface area (Å²) in [7, 11) is 0. The first-order chi connectivity index (χ1) is 4.41. The molecule has 0 fully saturated rings. The summed E-state index contributed by atoms with van der Waals surface area (Å²) in [6.07, 6.45) is 3.75. The molecule has 0 unspecified atom stereocenters. The number of carbonyl (C=O) groups excluding carboxylic acids is 1. The Morgan fingerprint density at radius 2 is 1.60 bits per heavy atom. The molecule has 0 radical (unpaired) electrons. The van der Waals surface area contributed by atoms with E-state index in [2.05, 4.69) is 10.7 Å². The highest BCUT2D eigenvalue weighted by atomic mass is 79.9. The fraction of sp³-hybridized carbons (Fsp3) is 0. The van der Waals surface area contributed by atoms with Gasteiger partial charge in [-0.25, -0.2) is 0 Å². The first-order valence-corrected chi connectivity index (χ1v) is 2.42. The van der Waals surface area contributed by atoms with Gasteiger partial charge >= 0.3 is 0 Å². The second-order valence-corrected chi connectivity index (χ2v) is 1.16. The molecular formula is C6H9BrN2O. The van der Waals surface area contributed by atoms with Crippen molar-refractivity contribution in [3.05, 3.63) is 30.6 Å². The molecule has 3 nitrogen and oxygen atoms in total. The minimum absolute atomic E-state index is 0. The van der Waals surface area contributed by atoms with E-state index in [0.29, 0.717) is 0 Å². The van der Waals surface area contributed by atoms with Crippen LogP contribution in [0.4, 0.5) is 0 Å². The highest BCUT2D eigenvalue weighted by Crippen LogP contribution is 1.73. The van der Waals surface area contributed by atoms with Crippen molar-refractivity contribution in [1.82, 2.24) is 4.98 Å². The van der Waals surface area contributed by atoms with Crippen LogP contribution in [0.3, 0.4) is 0 Å². The largest absolute Gasteiger partial charge is 0.372 e. The van der Waals surface area contributed by atoms with E-state index in [1.54, 1.807) is 12.4 Å². The maximum Gasteiger partial charge on any atom is 0.204 e. The van der Waals surface area contributed by atoms with Crippen LogP contribution in [0.5, 0.6) is 0 Å². The molecule has 0 aliphatic heterocycles. The third-order valence-electron chi connectivity index (χ3n) is 0.566. The number of aromatic nitrogens is 1. The summed E-state index contributed by atoms with van der Waals surface area (Å²) in [6, 6.07) is 5.72. The molecule has 0 bridgehead atoms. The molecule has 0 aliphatic carbocycles. The van der Waals surface area contributed by atoms with Crippen LogP contribution in [-0.4, -0.2) is 11.4 Å². The van der Waals surface area contributed by atoms with Gasteiger partial charge in [-0.05, 0) is 12.1 Å². The van der Waals surface area contributed by atoms with E-state index in [1.807, 2.05) is 18.2 Å². The SMILES string of the molecule is Br.NC=O.c1ccncc1. The van der Waals surface area contributed by atoms with E-state index in [4.69, 9.17) is 4.79 Å². The van der Waals surface area contributed by atoms with Crippen molar-refractivity contribution < 1.29 is 4.79 Å². The zero-order valence-electron chi connectivity index (χ0n) is 5.31. The second-order valence-electron chi connectivity index (χ2n) is 1.16. The summed E-state index contributed by atoms with van der Waals surface area (Å²) in [6.45, 7) is 0. The number of amides is 1. The highest BCUT2D eigenvalue weighted by Gasteiger charge is 1.58. The lowest BCUT2D eigenvalue weighted by Gasteiger charge is -1.70. The summed E-state index contributed by atoms with van der Waals surface area (Å²) in [5.41, 5.74) is 4.17. The van der Waals surface area contributed by atoms with Crippen molar-refractivity contribution in [3.63, 3.8) is 0 Å². The van der Waals surface area contributed by atoms with Gasteiger partial charge in [-0.3, -0.25) is 9.78 Å². The molecule has 1 aromatic rings. The Bertz CT molecular complexity index is 119. The van der Waals surface area contributed by atoms with Gasteiger partial charge in [0, 0.05) is 12.4 Å².